The van der Waals surface area contributed by atoms with E-state index < -0.39 is 0 Å². The SMILES string of the molecule is Cc1ccc(C=CC(=O)N2CCC(O)C2)s1. The van der Waals surface area contributed by atoms with Crippen LogP contribution in [0.1, 0.15) is 16.2 Å². The van der Waals surface area contributed by atoms with Crippen LogP contribution in [0, 0.1) is 6.92 Å². The number of nitrogens with zero attached hydrogens (tertiary/aromatic N) is 1. The Morgan fingerprint density at radius 1 is 1.62 bits per heavy atom. The second kappa shape index (κ2) is 4.80. The largest absolute Gasteiger partial charge is 0.391 e. The Bertz CT molecular complexity index is 411. The van der Waals surface area contributed by atoms with Crippen LogP contribution in [0.15, 0.2) is 18.2 Å². The summed E-state index contributed by atoms with van der Waals surface area (Å²) in [6, 6.07) is 4.04. The molecule has 1 saturated heterocycles. The number of β-amino-alcohol motifs (C(OH)–C–C–N with tert-alkyl or cyclic N) is 1. The lowest BCUT2D eigenvalue weighted by atomic mass is 10.3. The third kappa shape index (κ3) is 2.71. The first kappa shape index (κ1) is 11.4. The number of amides is 1. The minimum atomic E-state index is -0.346. The lowest BCUT2D eigenvalue weighted by molar-refractivity contribution is -0.125. The number of aryl methyl sites for hydroxylation is 1. The average Bonchev–Trinajstić information content (AvgIpc) is 2.84. The van der Waals surface area contributed by atoms with Crippen molar-refractivity contribution < 1.29 is 9.90 Å². The molecule has 1 aliphatic rings. The Hall–Kier alpha value is -1.13. The second-order valence-electron chi connectivity index (χ2n) is 4.01. The van der Waals surface area contributed by atoms with Crippen molar-refractivity contribution in [3.05, 3.63) is 28.0 Å². The van der Waals surface area contributed by atoms with Gasteiger partial charge in [0.15, 0.2) is 0 Å². The van der Waals surface area contributed by atoms with Crippen molar-refractivity contribution in [3.8, 4) is 0 Å². The summed E-state index contributed by atoms with van der Waals surface area (Å²) in [5.74, 6) is -0.0115. The van der Waals surface area contributed by atoms with E-state index in [9.17, 15) is 9.90 Å². The first-order valence-electron chi connectivity index (χ1n) is 5.36. The van der Waals surface area contributed by atoms with Crippen molar-refractivity contribution >= 4 is 23.3 Å². The highest BCUT2D eigenvalue weighted by Crippen LogP contribution is 2.17. The third-order valence-electron chi connectivity index (χ3n) is 2.63. The molecule has 1 aliphatic heterocycles. The molecule has 1 aromatic heterocycles. The van der Waals surface area contributed by atoms with Crippen LogP contribution in [0.3, 0.4) is 0 Å². The monoisotopic (exact) mass is 237 g/mol. The van der Waals surface area contributed by atoms with Crippen LogP contribution >= 0.6 is 11.3 Å². The first-order valence-corrected chi connectivity index (χ1v) is 6.18. The van der Waals surface area contributed by atoms with Gasteiger partial charge in [0.25, 0.3) is 0 Å². The topological polar surface area (TPSA) is 40.5 Å². The molecular weight excluding hydrogens is 222 g/mol. The molecule has 0 spiro atoms. The Kier molecular flexibility index (Phi) is 3.41. The molecule has 0 aromatic carbocycles. The van der Waals surface area contributed by atoms with Crippen molar-refractivity contribution in [2.75, 3.05) is 13.1 Å². The molecular formula is C12H15NO2S. The van der Waals surface area contributed by atoms with Crippen molar-refractivity contribution in [2.24, 2.45) is 0 Å². The summed E-state index contributed by atoms with van der Waals surface area (Å²) in [5.41, 5.74) is 0. The zero-order chi connectivity index (χ0) is 11.5. The van der Waals surface area contributed by atoms with Gasteiger partial charge in [-0.25, -0.2) is 0 Å². The highest BCUT2D eigenvalue weighted by atomic mass is 32.1. The molecule has 0 radical (unpaired) electrons. The van der Waals surface area contributed by atoms with E-state index in [0.29, 0.717) is 19.5 Å². The normalized spacial score (nSPS) is 20.9. The van der Waals surface area contributed by atoms with Crippen LogP contribution in [-0.4, -0.2) is 35.1 Å². The standard InChI is InChI=1S/C12H15NO2S/c1-9-2-3-11(16-9)4-5-12(15)13-7-6-10(14)8-13/h2-5,10,14H,6-8H2,1H3. The number of aliphatic hydroxyl groups excluding tert-OH is 1. The number of carbonyl (C=O) groups excluding carboxylic acids is 1. The molecule has 1 N–H and O–H groups in total. The molecule has 16 heavy (non-hydrogen) atoms. The minimum Gasteiger partial charge on any atom is -0.391 e. The zero-order valence-electron chi connectivity index (χ0n) is 9.22. The summed E-state index contributed by atoms with van der Waals surface area (Å²) in [7, 11) is 0. The van der Waals surface area contributed by atoms with E-state index in [1.807, 2.05) is 25.1 Å². The van der Waals surface area contributed by atoms with Crippen LogP contribution in [0.25, 0.3) is 6.08 Å². The average molecular weight is 237 g/mol. The van der Waals surface area contributed by atoms with Gasteiger partial charge in [-0.2, -0.15) is 0 Å². The molecule has 1 unspecified atom stereocenters. The van der Waals surface area contributed by atoms with Gasteiger partial charge in [0.1, 0.15) is 0 Å². The molecule has 1 amide bonds. The number of hydrogen-bond donors (Lipinski definition) is 1. The lowest BCUT2D eigenvalue weighted by Gasteiger charge is -2.11. The van der Waals surface area contributed by atoms with Gasteiger partial charge in [-0.05, 0) is 31.6 Å². The van der Waals surface area contributed by atoms with E-state index in [-0.39, 0.29) is 12.0 Å². The van der Waals surface area contributed by atoms with E-state index in [1.54, 1.807) is 22.3 Å². The zero-order valence-corrected chi connectivity index (χ0v) is 10.0. The molecule has 4 heteroatoms. The van der Waals surface area contributed by atoms with Crippen LogP contribution < -0.4 is 0 Å². The molecule has 0 aliphatic carbocycles. The van der Waals surface area contributed by atoms with E-state index in [2.05, 4.69) is 0 Å². The van der Waals surface area contributed by atoms with Crippen LogP contribution in [0.5, 0.6) is 0 Å². The maximum absolute atomic E-state index is 11.7. The van der Waals surface area contributed by atoms with Gasteiger partial charge in [-0.1, -0.05) is 0 Å². The predicted octanol–water partition coefficient (Wildman–Crippen LogP) is 1.66. The Morgan fingerprint density at radius 3 is 3.00 bits per heavy atom. The predicted molar refractivity (Wildman–Crippen MR) is 65.3 cm³/mol. The Morgan fingerprint density at radius 2 is 2.44 bits per heavy atom. The highest BCUT2D eigenvalue weighted by Gasteiger charge is 2.22. The van der Waals surface area contributed by atoms with Crippen molar-refractivity contribution in [3.63, 3.8) is 0 Å². The van der Waals surface area contributed by atoms with Gasteiger partial charge in [-0.15, -0.1) is 11.3 Å². The van der Waals surface area contributed by atoms with Crippen LogP contribution in [-0.2, 0) is 4.79 Å². The van der Waals surface area contributed by atoms with E-state index >= 15 is 0 Å². The highest BCUT2D eigenvalue weighted by molar-refractivity contribution is 7.12. The molecule has 2 rings (SSSR count). The number of hydrogen-bond acceptors (Lipinski definition) is 3. The van der Waals surface area contributed by atoms with Crippen molar-refractivity contribution in [1.29, 1.82) is 0 Å². The first-order chi connectivity index (χ1) is 7.65. The maximum Gasteiger partial charge on any atom is 0.246 e. The molecule has 1 fully saturated rings. The number of carbonyl (C=O) groups is 1. The van der Waals surface area contributed by atoms with Crippen molar-refractivity contribution in [1.82, 2.24) is 4.90 Å². The van der Waals surface area contributed by atoms with Gasteiger partial charge in [-0.3, -0.25) is 4.79 Å². The quantitative estimate of drug-likeness (QED) is 0.795. The van der Waals surface area contributed by atoms with Crippen LogP contribution in [0.4, 0.5) is 0 Å². The van der Waals surface area contributed by atoms with Crippen molar-refractivity contribution in [2.45, 2.75) is 19.4 Å². The third-order valence-corrected chi connectivity index (χ3v) is 3.59. The van der Waals surface area contributed by atoms with E-state index in [4.69, 9.17) is 0 Å². The lowest BCUT2D eigenvalue weighted by Crippen LogP contribution is -2.27. The van der Waals surface area contributed by atoms with E-state index in [0.717, 1.165) is 4.88 Å². The second-order valence-corrected chi connectivity index (χ2v) is 5.33. The summed E-state index contributed by atoms with van der Waals surface area (Å²) in [6.45, 7) is 3.17. The van der Waals surface area contributed by atoms with Gasteiger partial charge in [0, 0.05) is 28.9 Å². The summed E-state index contributed by atoms with van der Waals surface area (Å²) in [6.07, 6.45) is 3.77. The summed E-state index contributed by atoms with van der Waals surface area (Å²) < 4.78 is 0. The van der Waals surface area contributed by atoms with Gasteiger partial charge in [0.05, 0.1) is 6.10 Å². The number of rotatable bonds is 2. The molecule has 1 aromatic rings. The maximum atomic E-state index is 11.7. The summed E-state index contributed by atoms with van der Waals surface area (Å²) >= 11 is 1.67. The molecule has 3 nitrogen and oxygen atoms in total. The summed E-state index contributed by atoms with van der Waals surface area (Å²) in [5, 5.41) is 9.32. The van der Waals surface area contributed by atoms with Gasteiger partial charge in [0.2, 0.25) is 5.91 Å². The minimum absolute atomic E-state index is 0.0115. The Labute approximate surface area is 99.0 Å². The molecule has 2 heterocycles. The molecule has 0 saturated carbocycles. The smallest absolute Gasteiger partial charge is 0.246 e. The van der Waals surface area contributed by atoms with Gasteiger partial charge >= 0.3 is 0 Å². The number of likely N-dealkylation sites (tertiary alicyclic amines) is 1. The number of thiophene rings is 1. The fourth-order valence-corrected chi connectivity index (χ4v) is 2.52. The molecule has 86 valence electrons. The fourth-order valence-electron chi connectivity index (χ4n) is 1.74. The van der Waals surface area contributed by atoms with Gasteiger partial charge < -0.3 is 10.0 Å². The Balaban J connectivity index is 1.94. The van der Waals surface area contributed by atoms with Crippen LogP contribution in [0.2, 0.25) is 0 Å². The van der Waals surface area contributed by atoms with E-state index in [1.165, 1.54) is 4.88 Å². The molecule has 1 atom stereocenters. The number of aliphatic hydroxyl groups is 1. The summed E-state index contributed by atoms with van der Waals surface area (Å²) in [4.78, 5) is 15.7. The fraction of sp³-hybridized carbons (Fsp3) is 0.417. The molecule has 0 bridgehead atoms.